The molecule has 1 heterocycles. The Morgan fingerprint density at radius 2 is 2.03 bits per heavy atom. The number of nitrogens with zero attached hydrogens (tertiary/aromatic N) is 3. The standard InChI is InChI=1S/C22H29ClN4O2S/c1-2-26-9-11-27(12-10-26)17-4-6-20(19(23)14-17)30(29)18-5-3-16(13-18)21(28)25-22(15-24)7-8-22/h4,6,14,16,18H,2-3,5,7-13H2,1H3,(H,25,28). The van der Waals surface area contributed by atoms with Gasteiger partial charge < -0.3 is 15.1 Å². The van der Waals surface area contributed by atoms with E-state index in [2.05, 4.69) is 28.1 Å². The molecule has 0 aromatic heterocycles. The van der Waals surface area contributed by atoms with Crippen molar-refractivity contribution >= 4 is 34.0 Å². The van der Waals surface area contributed by atoms with Gasteiger partial charge in [0.05, 0.1) is 26.8 Å². The van der Waals surface area contributed by atoms with Crippen molar-refractivity contribution in [1.29, 1.82) is 5.26 Å². The van der Waals surface area contributed by atoms with Gasteiger partial charge in [0.2, 0.25) is 5.91 Å². The number of nitriles is 1. The van der Waals surface area contributed by atoms with E-state index in [0.29, 0.717) is 22.8 Å². The highest BCUT2D eigenvalue weighted by atomic mass is 35.5. The molecule has 1 saturated heterocycles. The quantitative estimate of drug-likeness (QED) is 0.724. The fourth-order valence-electron chi connectivity index (χ4n) is 4.45. The summed E-state index contributed by atoms with van der Waals surface area (Å²) < 4.78 is 13.2. The lowest BCUT2D eigenvalue weighted by Gasteiger charge is -2.35. The summed E-state index contributed by atoms with van der Waals surface area (Å²) in [7, 11) is -1.24. The third kappa shape index (κ3) is 4.51. The van der Waals surface area contributed by atoms with Crippen LogP contribution in [0.15, 0.2) is 23.1 Å². The third-order valence-electron chi connectivity index (χ3n) is 6.70. The minimum absolute atomic E-state index is 0.0683. The van der Waals surface area contributed by atoms with E-state index >= 15 is 0 Å². The Bertz CT molecular complexity index is 874. The van der Waals surface area contributed by atoms with Crippen molar-refractivity contribution in [3.63, 3.8) is 0 Å². The third-order valence-corrected chi connectivity index (χ3v) is 8.95. The van der Waals surface area contributed by atoms with Crippen LogP contribution in [-0.2, 0) is 15.6 Å². The number of hydrogen-bond acceptors (Lipinski definition) is 5. The SMILES string of the molecule is CCN1CCN(c2ccc(S(=O)C3CCC(C(=O)NC4(C#N)CC4)C3)c(Cl)c2)CC1. The number of benzene rings is 1. The minimum Gasteiger partial charge on any atom is -0.369 e. The maximum absolute atomic E-state index is 13.2. The number of halogens is 1. The Morgan fingerprint density at radius 3 is 2.63 bits per heavy atom. The molecule has 1 amide bonds. The molecule has 1 aromatic carbocycles. The molecular formula is C22H29ClN4O2S. The largest absolute Gasteiger partial charge is 0.369 e. The fraction of sp³-hybridized carbons (Fsp3) is 0.636. The molecule has 30 heavy (non-hydrogen) atoms. The van der Waals surface area contributed by atoms with Crippen LogP contribution in [-0.4, -0.2) is 58.5 Å². The number of likely N-dealkylation sites (N-methyl/N-ethyl adjacent to an activating group) is 1. The van der Waals surface area contributed by atoms with E-state index in [0.717, 1.165) is 57.7 Å². The fourth-order valence-corrected chi connectivity index (χ4v) is 6.42. The Hall–Kier alpha value is -1.62. The maximum atomic E-state index is 13.2. The van der Waals surface area contributed by atoms with Gasteiger partial charge in [0, 0.05) is 43.0 Å². The first-order valence-electron chi connectivity index (χ1n) is 10.9. The van der Waals surface area contributed by atoms with Crippen LogP contribution in [0, 0.1) is 17.2 Å². The molecule has 2 saturated carbocycles. The molecule has 4 rings (SSSR count). The van der Waals surface area contributed by atoms with Crippen LogP contribution in [0.2, 0.25) is 5.02 Å². The van der Waals surface area contributed by atoms with Gasteiger partial charge in [-0.3, -0.25) is 9.00 Å². The van der Waals surface area contributed by atoms with Gasteiger partial charge in [-0.25, -0.2) is 0 Å². The molecule has 6 nitrogen and oxygen atoms in total. The number of carbonyl (C=O) groups excluding carboxylic acids is 1. The maximum Gasteiger partial charge on any atom is 0.224 e. The van der Waals surface area contributed by atoms with E-state index in [1.165, 1.54) is 0 Å². The van der Waals surface area contributed by atoms with Crippen molar-refractivity contribution in [1.82, 2.24) is 10.2 Å². The van der Waals surface area contributed by atoms with E-state index in [1.54, 1.807) is 0 Å². The van der Waals surface area contributed by atoms with E-state index < -0.39 is 16.3 Å². The van der Waals surface area contributed by atoms with Crippen molar-refractivity contribution in [2.45, 2.75) is 54.7 Å². The zero-order valence-electron chi connectivity index (χ0n) is 17.4. The van der Waals surface area contributed by atoms with Crippen LogP contribution in [0.5, 0.6) is 0 Å². The van der Waals surface area contributed by atoms with Crippen LogP contribution >= 0.6 is 11.6 Å². The van der Waals surface area contributed by atoms with E-state index in [-0.39, 0.29) is 17.1 Å². The van der Waals surface area contributed by atoms with Crippen LogP contribution in [0.3, 0.4) is 0 Å². The number of hydrogen-bond donors (Lipinski definition) is 1. The van der Waals surface area contributed by atoms with Gasteiger partial charge >= 0.3 is 0 Å². The van der Waals surface area contributed by atoms with Crippen molar-refractivity contribution in [3.05, 3.63) is 23.2 Å². The summed E-state index contributed by atoms with van der Waals surface area (Å²) in [6, 6.07) is 8.03. The molecule has 3 atom stereocenters. The van der Waals surface area contributed by atoms with Crippen LogP contribution in [0.4, 0.5) is 5.69 Å². The normalized spacial score (nSPS) is 26.8. The summed E-state index contributed by atoms with van der Waals surface area (Å²) >= 11 is 6.55. The van der Waals surface area contributed by atoms with Crippen molar-refractivity contribution in [3.8, 4) is 6.07 Å². The van der Waals surface area contributed by atoms with Crippen molar-refractivity contribution < 1.29 is 9.00 Å². The molecule has 8 heteroatoms. The predicted molar refractivity (Wildman–Crippen MR) is 119 cm³/mol. The first kappa shape index (κ1) is 21.6. The van der Waals surface area contributed by atoms with Crippen LogP contribution < -0.4 is 10.2 Å². The average Bonchev–Trinajstić information content (AvgIpc) is 3.36. The second kappa shape index (κ2) is 8.86. The monoisotopic (exact) mass is 448 g/mol. The van der Waals surface area contributed by atoms with Crippen molar-refractivity contribution in [2.75, 3.05) is 37.6 Å². The number of rotatable bonds is 6. The highest BCUT2D eigenvalue weighted by molar-refractivity contribution is 7.85. The second-order valence-electron chi connectivity index (χ2n) is 8.65. The van der Waals surface area contributed by atoms with E-state index in [9.17, 15) is 14.3 Å². The Balaban J connectivity index is 1.37. The molecule has 1 aromatic rings. The summed E-state index contributed by atoms with van der Waals surface area (Å²) in [6.45, 7) is 7.28. The highest BCUT2D eigenvalue weighted by Gasteiger charge is 2.46. The number of nitrogens with one attached hydrogen (secondary N) is 1. The summed E-state index contributed by atoms with van der Waals surface area (Å²) in [5.74, 6) is -0.237. The topological polar surface area (TPSA) is 76.4 Å². The Morgan fingerprint density at radius 1 is 1.30 bits per heavy atom. The molecule has 3 unspecified atom stereocenters. The second-order valence-corrected chi connectivity index (χ2v) is 10.8. The lowest BCUT2D eigenvalue weighted by atomic mass is 10.1. The Kier molecular flexibility index (Phi) is 6.38. The molecular weight excluding hydrogens is 420 g/mol. The minimum atomic E-state index is -1.24. The Labute approximate surface area is 186 Å². The zero-order valence-corrected chi connectivity index (χ0v) is 19.0. The molecule has 3 fully saturated rings. The summed E-state index contributed by atoms with van der Waals surface area (Å²) in [6.07, 6.45) is 3.49. The lowest BCUT2D eigenvalue weighted by Crippen LogP contribution is -2.46. The molecule has 3 aliphatic rings. The van der Waals surface area contributed by atoms with Gasteiger partial charge in [-0.2, -0.15) is 5.26 Å². The number of amides is 1. The smallest absolute Gasteiger partial charge is 0.224 e. The van der Waals surface area contributed by atoms with Gasteiger partial charge in [-0.15, -0.1) is 0 Å². The summed E-state index contributed by atoms with van der Waals surface area (Å²) in [4.78, 5) is 17.9. The molecule has 0 spiro atoms. The molecule has 0 bridgehead atoms. The van der Waals surface area contributed by atoms with Gasteiger partial charge in [-0.05, 0) is 56.8 Å². The highest BCUT2D eigenvalue weighted by Crippen LogP contribution is 2.38. The van der Waals surface area contributed by atoms with E-state index in [4.69, 9.17) is 11.6 Å². The van der Waals surface area contributed by atoms with Crippen LogP contribution in [0.1, 0.15) is 39.0 Å². The summed E-state index contributed by atoms with van der Waals surface area (Å²) in [5.41, 5.74) is 0.433. The first-order valence-corrected chi connectivity index (χ1v) is 12.4. The molecule has 1 aliphatic heterocycles. The van der Waals surface area contributed by atoms with Crippen LogP contribution in [0.25, 0.3) is 0 Å². The van der Waals surface area contributed by atoms with Gasteiger partial charge in [0.25, 0.3) is 0 Å². The van der Waals surface area contributed by atoms with Gasteiger partial charge in [0.15, 0.2) is 0 Å². The molecule has 0 radical (unpaired) electrons. The van der Waals surface area contributed by atoms with E-state index in [1.807, 2.05) is 18.2 Å². The number of carbonyl (C=O) groups is 1. The van der Waals surface area contributed by atoms with Crippen molar-refractivity contribution in [2.24, 2.45) is 5.92 Å². The predicted octanol–water partition coefficient (Wildman–Crippen LogP) is 2.93. The molecule has 1 N–H and O–H groups in total. The lowest BCUT2D eigenvalue weighted by molar-refractivity contribution is -0.125. The number of anilines is 1. The first-order chi connectivity index (χ1) is 14.4. The van der Waals surface area contributed by atoms with Gasteiger partial charge in [0.1, 0.15) is 5.54 Å². The number of piperazine rings is 1. The average molecular weight is 449 g/mol. The summed E-state index contributed by atoms with van der Waals surface area (Å²) in [5, 5.41) is 12.5. The van der Waals surface area contributed by atoms with Gasteiger partial charge in [-0.1, -0.05) is 18.5 Å². The zero-order chi connectivity index (χ0) is 21.3. The molecule has 162 valence electrons. The molecule has 2 aliphatic carbocycles.